The molecule has 0 fully saturated rings. The molecule has 114 valence electrons. The summed E-state index contributed by atoms with van der Waals surface area (Å²) >= 11 is 0. The third kappa shape index (κ3) is 3.42. The maximum absolute atomic E-state index is 12.6. The zero-order chi connectivity index (χ0) is 15.2. The van der Waals surface area contributed by atoms with Gasteiger partial charge in [-0.15, -0.1) is 0 Å². The van der Waals surface area contributed by atoms with E-state index in [2.05, 4.69) is 23.7 Å². The molecule has 0 spiro atoms. The SMILES string of the molecule is CCN(CC)CCCn1cnc2cccc(OC)c2c1=O. The number of hydrogen-bond donors (Lipinski definition) is 0. The number of rotatable bonds is 7. The van der Waals surface area contributed by atoms with Crippen molar-refractivity contribution in [1.29, 1.82) is 0 Å². The molecule has 5 heteroatoms. The zero-order valence-electron chi connectivity index (χ0n) is 13.0. The van der Waals surface area contributed by atoms with Crippen LogP contribution in [0.25, 0.3) is 10.9 Å². The van der Waals surface area contributed by atoms with Gasteiger partial charge in [0, 0.05) is 6.54 Å². The van der Waals surface area contributed by atoms with Crippen LogP contribution in [-0.4, -0.2) is 41.2 Å². The first kappa shape index (κ1) is 15.5. The summed E-state index contributed by atoms with van der Waals surface area (Å²) in [5, 5.41) is 0.560. The van der Waals surface area contributed by atoms with Gasteiger partial charge >= 0.3 is 0 Å². The quantitative estimate of drug-likeness (QED) is 0.783. The molecule has 2 aromatic rings. The molecule has 0 saturated heterocycles. The molecule has 5 nitrogen and oxygen atoms in total. The smallest absolute Gasteiger partial charge is 0.264 e. The number of benzene rings is 1. The number of methoxy groups -OCH3 is 1. The second-order valence-electron chi connectivity index (χ2n) is 4.98. The van der Waals surface area contributed by atoms with E-state index in [1.165, 1.54) is 0 Å². The molecule has 0 aliphatic heterocycles. The van der Waals surface area contributed by atoms with Crippen molar-refractivity contribution in [3.05, 3.63) is 34.9 Å². The number of aromatic nitrogens is 2. The van der Waals surface area contributed by atoms with Crippen molar-refractivity contribution in [2.75, 3.05) is 26.7 Å². The van der Waals surface area contributed by atoms with Gasteiger partial charge in [-0.3, -0.25) is 9.36 Å². The summed E-state index contributed by atoms with van der Waals surface area (Å²) in [7, 11) is 1.58. The maximum atomic E-state index is 12.6. The van der Waals surface area contributed by atoms with Gasteiger partial charge in [0.05, 0.1) is 19.0 Å². The Kier molecular flexibility index (Phi) is 5.33. The van der Waals surface area contributed by atoms with Gasteiger partial charge < -0.3 is 9.64 Å². The molecular formula is C16H23N3O2. The highest BCUT2D eigenvalue weighted by Crippen LogP contribution is 2.19. The topological polar surface area (TPSA) is 47.4 Å². The molecule has 0 N–H and O–H groups in total. The summed E-state index contributed by atoms with van der Waals surface area (Å²) in [5.74, 6) is 0.586. The lowest BCUT2D eigenvalue weighted by Gasteiger charge is -2.18. The fourth-order valence-electron chi connectivity index (χ4n) is 2.50. The fraction of sp³-hybridized carbons (Fsp3) is 0.500. The van der Waals surface area contributed by atoms with E-state index >= 15 is 0 Å². The summed E-state index contributed by atoms with van der Waals surface area (Å²) in [4.78, 5) is 19.3. The van der Waals surface area contributed by atoms with E-state index < -0.39 is 0 Å². The minimum Gasteiger partial charge on any atom is -0.496 e. The van der Waals surface area contributed by atoms with Crippen molar-refractivity contribution in [2.45, 2.75) is 26.8 Å². The highest BCUT2D eigenvalue weighted by atomic mass is 16.5. The minimum absolute atomic E-state index is 0.0306. The molecule has 2 rings (SSSR count). The predicted molar refractivity (Wildman–Crippen MR) is 85.0 cm³/mol. The van der Waals surface area contributed by atoms with Crippen LogP contribution in [0.3, 0.4) is 0 Å². The lowest BCUT2D eigenvalue weighted by Crippen LogP contribution is -2.27. The Morgan fingerprint density at radius 1 is 1.29 bits per heavy atom. The Morgan fingerprint density at radius 2 is 2.05 bits per heavy atom. The van der Waals surface area contributed by atoms with Crippen molar-refractivity contribution in [1.82, 2.24) is 14.5 Å². The molecule has 0 radical (unpaired) electrons. The minimum atomic E-state index is -0.0306. The molecule has 0 aliphatic rings. The van der Waals surface area contributed by atoms with Crippen LogP contribution < -0.4 is 10.3 Å². The number of aryl methyl sites for hydroxylation is 1. The maximum Gasteiger partial charge on any atom is 0.264 e. The van der Waals surface area contributed by atoms with E-state index in [0.717, 1.165) is 26.1 Å². The van der Waals surface area contributed by atoms with Gasteiger partial charge in [0.15, 0.2) is 0 Å². The molecule has 0 unspecified atom stereocenters. The third-order valence-corrected chi connectivity index (χ3v) is 3.80. The standard InChI is InChI=1S/C16H23N3O2/c1-4-18(5-2)10-7-11-19-12-17-13-8-6-9-14(21-3)15(13)16(19)20/h6,8-9,12H,4-5,7,10-11H2,1-3H3. The van der Waals surface area contributed by atoms with Crippen LogP contribution in [0.1, 0.15) is 20.3 Å². The van der Waals surface area contributed by atoms with Crippen molar-refractivity contribution < 1.29 is 4.74 Å². The molecule has 1 heterocycles. The monoisotopic (exact) mass is 289 g/mol. The van der Waals surface area contributed by atoms with E-state index in [9.17, 15) is 4.79 Å². The van der Waals surface area contributed by atoms with Crippen LogP contribution in [0.2, 0.25) is 0 Å². The van der Waals surface area contributed by atoms with Gasteiger partial charge in [-0.2, -0.15) is 0 Å². The highest BCUT2D eigenvalue weighted by molar-refractivity contribution is 5.83. The van der Waals surface area contributed by atoms with Gasteiger partial charge in [-0.05, 0) is 38.2 Å². The van der Waals surface area contributed by atoms with Crippen molar-refractivity contribution in [3.8, 4) is 5.75 Å². The summed E-state index contributed by atoms with van der Waals surface area (Å²) in [6.07, 6.45) is 2.57. The van der Waals surface area contributed by atoms with E-state index in [1.54, 1.807) is 24.1 Å². The first-order valence-electron chi connectivity index (χ1n) is 7.45. The Labute approximate surface area is 125 Å². The van der Waals surface area contributed by atoms with Crippen molar-refractivity contribution in [3.63, 3.8) is 0 Å². The molecular weight excluding hydrogens is 266 g/mol. The summed E-state index contributed by atoms with van der Waals surface area (Å²) < 4.78 is 6.95. The Hall–Kier alpha value is -1.88. The first-order chi connectivity index (χ1) is 10.2. The van der Waals surface area contributed by atoms with E-state index in [1.807, 2.05) is 12.1 Å². The van der Waals surface area contributed by atoms with E-state index in [-0.39, 0.29) is 5.56 Å². The van der Waals surface area contributed by atoms with Gasteiger partial charge in [-0.1, -0.05) is 19.9 Å². The predicted octanol–water partition coefficient (Wildman–Crippen LogP) is 2.14. The number of hydrogen-bond acceptors (Lipinski definition) is 4. The van der Waals surface area contributed by atoms with Crippen LogP contribution in [0.5, 0.6) is 5.75 Å². The summed E-state index contributed by atoms with van der Waals surface area (Å²) in [6, 6.07) is 5.48. The zero-order valence-corrected chi connectivity index (χ0v) is 13.0. The van der Waals surface area contributed by atoms with Gasteiger partial charge in [-0.25, -0.2) is 4.98 Å². The Bertz CT molecular complexity index is 648. The van der Waals surface area contributed by atoms with E-state index in [4.69, 9.17) is 4.74 Å². The largest absolute Gasteiger partial charge is 0.496 e. The molecule has 1 aromatic heterocycles. The normalized spacial score (nSPS) is 11.2. The number of ether oxygens (including phenoxy) is 1. The molecule has 0 atom stereocenters. The molecule has 21 heavy (non-hydrogen) atoms. The summed E-state index contributed by atoms with van der Waals surface area (Å²) in [5.41, 5.74) is 0.649. The Balaban J connectivity index is 2.22. The van der Waals surface area contributed by atoms with Crippen LogP contribution in [0.15, 0.2) is 29.3 Å². The number of fused-ring (bicyclic) bond motifs is 1. The average molecular weight is 289 g/mol. The summed E-state index contributed by atoms with van der Waals surface area (Å²) in [6.45, 7) is 8.04. The van der Waals surface area contributed by atoms with Gasteiger partial charge in [0.2, 0.25) is 0 Å². The molecule has 0 aliphatic carbocycles. The second-order valence-corrected chi connectivity index (χ2v) is 4.98. The van der Waals surface area contributed by atoms with Crippen LogP contribution >= 0.6 is 0 Å². The third-order valence-electron chi connectivity index (χ3n) is 3.80. The molecule has 0 amide bonds. The lowest BCUT2D eigenvalue weighted by molar-refractivity contribution is 0.292. The highest BCUT2D eigenvalue weighted by Gasteiger charge is 2.09. The van der Waals surface area contributed by atoms with Gasteiger partial charge in [0.25, 0.3) is 5.56 Å². The first-order valence-corrected chi connectivity index (χ1v) is 7.45. The average Bonchev–Trinajstić information content (AvgIpc) is 2.53. The Morgan fingerprint density at radius 3 is 2.71 bits per heavy atom. The second kappa shape index (κ2) is 7.22. The van der Waals surface area contributed by atoms with Crippen LogP contribution in [-0.2, 0) is 6.54 Å². The fourth-order valence-corrected chi connectivity index (χ4v) is 2.50. The van der Waals surface area contributed by atoms with Crippen LogP contribution in [0.4, 0.5) is 0 Å². The van der Waals surface area contributed by atoms with Crippen LogP contribution in [0, 0.1) is 0 Å². The molecule has 0 saturated carbocycles. The van der Waals surface area contributed by atoms with Crippen molar-refractivity contribution >= 4 is 10.9 Å². The number of nitrogens with zero attached hydrogens (tertiary/aromatic N) is 3. The molecule has 0 bridgehead atoms. The lowest BCUT2D eigenvalue weighted by atomic mass is 10.2. The molecule has 1 aromatic carbocycles. The van der Waals surface area contributed by atoms with Gasteiger partial charge in [0.1, 0.15) is 11.1 Å². The van der Waals surface area contributed by atoms with Crippen molar-refractivity contribution in [2.24, 2.45) is 0 Å². The van der Waals surface area contributed by atoms with E-state index in [0.29, 0.717) is 23.2 Å².